The minimum atomic E-state index is -0.684. The number of rotatable bonds is 8. The SMILES string of the molecule is C=CC(=O)N1C[C@H](Nc2ncnc3c2ccn3C(c2ccccc2)(c2ccccc2)c2ccccc2)C[C@H](OC)C1. The summed E-state index contributed by atoms with van der Waals surface area (Å²) in [5.74, 6) is 0.625. The molecule has 5 aromatic rings. The molecule has 0 saturated carbocycles. The Bertz CT molecular complexity index is 1540. The maximum Gasteiger partial charge on any atom is 0.246 e. The van der Waals surface area contributed by atoms with Gasteiger partial charge in [-0.25, -0.2) is 9.97 Å². The van der Waals surface area contributed by atoms with E-state index in [4.69, 9.17) is 9.72 Å². The van der Waals surface area contributed by atoms with E-state index in [9.17, 15) is 4.79 Å². The zero-order valence-electron chi connectivity index (χ0n) is 23.1. The van der Waals surface area contributed by atoms with Crippen LogP contribution < -0.4 is 5.32 Å². The van der Waals surface area contributed by atoms with Crippen molar-refractivity contribution in [2.24, 2.45) is 0 Å². The standard InChI is InChI=1S/C34H33N5O2/c1-3-31(40)38-22-28(21-29(23-38)41-2)37-32-30-19-20-39(33(30)36-24-35-32)34(25-13-7-4-8-14-25,26-15-9-5-10-16-26)27-17-11-6-12-18-27/h3-20,24,28-29H,1,21-23H2,2H3,(H,35,36,37)/t28-,29+/m1/s1. The molecule has 0 spiro atoms. The molecule has 2 atom stereocenters. The zero-order valence-corrected chi connectivity index (χ0v) is 23.1. The van der Waals surface area contributed by atoms with E-state index in [-0.39, 0.29) is 18.1 Å². The Kier molecular flexibility index (Phi) is 7.35. The van der Waals surface area contributed by atoms with Crippen LogP contribution in [0, 0.1) is 0 Å². The average molecular weight is 544 g/mol. The highest BCUT2D eigenvalue weighted by molar-refractivity contribution is 5.89. The van der Waals surface area contributed by atoms with E-state index >= 15 is 0 Å². The number of carbonyl (C=O) groups is 1. The van der Waals surface area contributed by atoms with Crippen molar-refractivity contribution in [2.45, 2.75) is 24.1 Å². The van der Waals surface area contributed by atoms with Gasteiger partial charge in [0.05, 0.1) is 11.5 Å². The van der Waals surface area contributed by atoms with E-state index < -0.39 is 5.54 Å². The fourth-order valence-electron chi connectivity index (χ4n) is 6.12. The van der Waals surface area contributed by atoms with Gasteiger partial charge in [0.15, 0.2) is 0 Å². The van der Waals surface area contributed by atoms with E-state index in [1.165, 1.54) is 6.08 Å². The summed E-state index contributed by atoms with van der Waals surface area (Å²) in [4.78, 5) is 23.7. The number of methoxy groups -OCH3 is 1. The van der Waals surface area contributed by atoms with Gasteiger partial charge in [-0.15, -0.1) is 0 Å². The molecule has 3 heterocycles. The Morgan fingerprint density at radius 2 is 1.49 bits per heavy atom. The van der Waals surface area contributed by atoms with Crippen LogP contribution in [0.1, 0.15) is 23.1 Å². The lowest BCUT2D eigenvalue weighted by atomic mass is 9.76. The summed E-state index contributed by atoms with van der Waals surface area (Å²) in [6.07, 6.45) is 5.74. The number of ether oxygens (including phenoxy) is 1. The number of carbonyl (C=O) groups excluding carboxylic acids is 1. The highest BCUT2D eigenvalue weighted by atomic mass is 16.5. The van der Waals surface area contributed by atoms with Gasteiger partial charge in [-0.3, -0.25) is 4.79 Å². The van der Waals surface area contributed by atoms with Crippen molar-refractivity contribution in [3.05, 3.63) is 139 Å². The molecule has 7 heteroatoms. The number of amides is 1. The molecule has 2 aromatic heterocycles. The van der Waals surface area contributed by atoms with Gasteiger partial charge in [0.1, 0.15) is 23.3 Å². The number of nitrogens with one attached hydrogen (secondary N) is 1. The first-order valence-corrected chi connectivity index (χ1v) is 13.8. The molecule has 41 heavy (non-hydrogen) atoms. The third-order valence-electron chi connectivity index (χ3n) is 7.99. The first kappa shape index (κ1) is 26.5. The van der Waals surface area contributed by atoms with Gasteiger partial charge in [0.25, 0.3) is 0 Å². The summed E-state index contributed by atoms with van der Waals surface area (Å²) in [5.41, 5.74) is 3.48. The van der Waals surface area contributed by atoms with Crippen LogP contribution in [0.2, 0.25) is 0 Å². The van der Waals surface area contributed by atoms with Crippen LogP contribution in [0.25, 0.3) is 11.0 Å². The molecular formula is C34H33N5O2. The molecule has 0 aliphatic carbocycles. The molecular weight excluding hydrogens is 510 g/mol. The number of likely N-dealkylation sites (tertiary alicyclic amines) is 1. The zero-order chi connectivity index (χ0) is 28.2. The fraction of sp³-hybridized carbons (Fsp3) is 0.206. The van der Waals surface area contributed by atoms with Gasteiger partial charge in [-0.2, -0.15) is 0 Å². The second kappa shape index (κ2) is 11.4. The minimum Gasteiger partial charge on any atom is -0.380 e. The number of fused-ring (bicyclic) bond motifs is 1. The summed E-state index contributed by atoms with van der Waals surface area (Å²) < 4.78 is 7.91. The number of anilines is 1. The van der Waals surface area contributed by atoms with E-state index in [1.807, 2.05) is 18.2 Å². The second-order valence-electron chi connectivity index (χ2n) is 10.3. The van der Waals surface area contributed by atoms with Crippen molar-refractivity contribution in [3.63, 3.8) is 0 Å². The van der Waals surface area contributed by atoms with Gasteiger partial charge in [0, 0.05) is 32.4 Å². The number of benzene rings is 3. The van der Waals surface area contributed by atoms with Gasteiger partial charge in [-0.1, -0.05) is 97.6 Å². The Labute approximate surface area is 240 Å². The van der Waals surface area contributed by atoms with Crippen molar-refractivity contribution >= 4 is 22.8 Å². The van der Waals surface area contributed by atoms with Crippen molar-refractivity contribution in [3.8, 4) is 0 Å². The van der Waals surface area contributed by atoms with Crippen LogP contribution in [0.15, 0.2) is 122 Å². The monoisotopic (exact) mass is 543 g/mol. The molecule has 0 unspecified atom stereocenters. The smallest absolute Gasteiger partial charge is 0.246 e. The molecule has 1 amide bonds. The Hall–Kier alpha value is -4.75. The lowest BCUT2D eigenvalue weighted by molar-refractivity contribution is -0.129. The Balaban J connectivity index is 1.50. The van der Waals surface area contributed by atoms with E-state index in [0.717, 1.165) is 40.0 Å². The average Bonchev–Trinajstić information content (AvgIpc) is 3.48. The number of hydrogen-bond donors (Lipinski definition) is 1. The molecule has 0 bridgehead atoms. The number of piperidine rings is 1. The number of nitrogens with zero attached hydrogens (tertiary/aromatic N) is 4. The lowest BCUT2D eigenvalue weighted by Gasteiger charge is -2.38. The third-order valence-corrected chi connectivity index (χ3v) is 7.99. The predicted molar refractivity (Wildman–Crippen MR) is 162 cm³/mol. The van der Waals surface area contributed by atoms with E-state index in [2.05, 4.69) is 107 Å². The molecule has 7 nitrogen and oxygen atoms in total. The number of hydrogen-bond acceptors (Lipinski definition) is 5. The molecule has 1 saturated heterocycles. The molecule has 206 valence electrons. The fourth-order valence-corrected chi connectivity index (χ4v) is 6.12. The molecule has 1 fully saturated rings. The predicted octanol–water partition coefficient (Wildman–Crippen LogP) is 5.49. The third kappa shape index (κ3) is 4.78. The highest BCUT2D eigenvalue weighted by Gasteiger charge is 2.39. The van der Waals surface area contributed by atoms with Crippen molar-refractivity contribution < 1.29 is 9.53 Å². The van der Waals surface area contributed by atoms with Crippen LogP contribution in [-0.2, 0) is 15.1 Å². The molecule has 1 aliphatic rings. The van der Waals surface area contributed by atoms with Crippen LogP contribution in [0.4, 0.5) is 5.82 Å². The van der Waals surface area contributed by atoms with E-state index in [0.29, 0.717) is 13.1 Å². The van der Waals surface area contributed by atoms with Crippen molar-refractivity contribution in [1.82, 2.24) is 19.4 Å². The largest absolute Gasteiger partial charge is 0.380 e. The van der Waals surface area contributed by atoms with Gasteiger partial charge >= 0.3 is 0 Å². The molecule has 6 rings (SSSR count). The highest BCUT2D eigenvalue weighted by Crippen LogP contribution is 2.43. The summed E-state index contributed by atoms with van der Waals surface area (Å²) >= 11 is 0. The summed E-state index contributed by atoms with van der Waals surface area (Å²) in [6.45, 7) is 4.75. The normalized spacial score (nSPS) is 17.3. The molecule has 1 N–H and O–H groups in total. The topological polar surface area (TPSA) is 72.3 Å². The molecule has 0 radical (unpaired) electrons. The molecule has 1 aliphatic heterocycles. The molecule has 3 aromatic carbocycles. The van der Waals surface area contributed by atoms with Gasteiger partial charge in [0.2, 0.25) is 5.91 Å². The first-order chi connectivity index (χ1) is 20.1. The van der Waals surface area contributed by atoms with Gasteiger partial charge in [-0.05, 0) is 35.3 Å². The van der Waals surface area contributed by atoms with Crippen molar-refractivity contribution in [2.75, 3.05) is 25.5 Å². The van der Waals surface area contributed by atoms with Gasteiger partial charge < -0.3 is 19.5 Å². The summed E-state index contributed by atoms with van der Waals surface area (Å²) in [7, 11) is 1.68. The van der Waals surface area contributed by atoms with Crippen LogP contribution in [0.5, 0.6) is 0 Å². The van der Waals surface area contributed by atoms with Crippen LogP contribution in [0.3, 0.4) is 0 Å². The quantitative estimate of drug-likeness (QED) is 0.207. The maximum atomic E-state index is 12.5. The lowest BCUT2D eigenvalue weighted by Crippen LogP contribution is -2.51. The van der Waals surface area contributed by atoms with Crippen LogP contribution in [-0.4, -0.2) is 57.7 Å². The van der Waals surface area contributed by atoms with Crippen LogP contribution >= 0.6 is 0 Å². The van der Waals surface area contributed by atoms with Crippen molar-refractivity contribution in [1.29, 1.82) is 0 Å². The second-order valence-corrected chi connectivity index (χ2v) is 10.3. The first-order valence-electron chi connectivity index (χ1n) is 13.8. The number of aromatic nitrogens is 3. The Morgan fingerprint density at radius 1 is 0.902 bits per heavy atom. The maximum absolute atomic E-state index is 12.5. The summed E-state index contributed by atoms with van der Waals surface area (Å²) in [5, 5.41) is 4.51. The summed E-state index contributed by atoms with van der Waals surface area (Å²) in [6, 6.07) is 33.7. The minimum absolute atomic E-state index is 0.0406. The van der Waals surface area contributed by atoms with E-state index in [1.54, 1.807) is 18.3 Å². The Morgan fingerprint density at radius 3 is 2.02 bits per heavy atom.